The molecule has 0 N–H and O–H groups in total. The molecular weight excluding hydrogens is 304 g/mol. The summed E-state index contributed by atoms with van der Waals surface area (Å²) in [5.74, 6) is 0.771. The standard InChI is InChI=1S/C20H16O4/c1-12-2-4-13(5-3-12)10-18-19(21)16-9-8-15(11-17(16)24-18)23-20(22)14-6-7-14/h2-5,8-11,14H,6-7H2,1H3/b18-10-. The van der Waals surface area contributed by atoms with Gasteiger partial charge in [-0.3, -0.25) is 9.59 Å². The van der Waals surface area contributed by atoms with E-state index in [1.54, 1.807) is 24.3 Å². The summed E-state index contributed by atoms with van der Waals surface area (Å²) in [5, 5.41) is 0. The van der Waals surface area contributed by atoms with Crippen LogP contribution in [0.4, 0.5) is 0 Å². The number of ether oxygens (including phenoxy) is 2. The molecule has 0 bridgehead atoms. The molecular formula is C20H16O4. The number of ketones is 1. The summed E-state index contributed by atoms with van der Waals surface area (Å²) < 4.78 is 11.0. The fourth-order valence-corrected chi connectivity index (χ4v) is 2.56. The molecule has 0 radical (unpaired) electrons. The average molecular weight is 320 g/mol. The lowest BCUT2D eigenvalue weighted by Crippen LogP contribution is -2.09. The maximum atomic E-state index is 12.4. The van der Waals surface area contributed by atoms with E-state index in [1.165, 1.54) is 0 Å². The van der Waals surface area contributed by atoms with Gasteiger partial charge in [-0.25, -0.2) is 0 Å². The summed E-state index contributed by atoms with van der Waals surface area (Å²) in [6.07, 6.45) is 3.50. The second kappa shape index (κ2) is 5.64. The third-order valence-corrected chi connectivity index (χ3v) is 4.15. The molecule has 1 heterocycles. The molecule has 4 rings (SSSR count). The average Bonchev–Trinajstić information content (AvgIpc) is 3.37. The largest absolute Gasteiger partial charge is 0.452 e. The Morgan fingerprint density at radius 1 is 1.17 bits per heavy atom. The normalized spacial score (nSPS) is 17.5. The smallest absolute Gasteiger partial charge is 0.314 e. The summed E-state index contributed by atoms with van der Waals surface area (Å²) in [6, 6.07) is 12.7. The first kappa shape index (κ1) is 14.7. The minimum Gasteiger partial charge on any atom is -0.452 e. The first-order chi connectivity index (χ1) is 11.6. The summed E-state index contributed by atoms with van der Waals surface area (Å²) in [5.41, 5.74) is 2.54. The molecule has 120 valence electrons. The molecule has 1 aliphatic carbocycles. The van der Waals surface area contributed by atoms with Gasteiger partial charge in [0.2, 0.25) is 5.78 Å². The van der Waals surface area contributed by atoms with Crippen molar-refractivity contribution in [3.8, 4) is 11.5 Å². The highest BCUT2D eigenvalue weighted by Gasteiger charge is 2.32. The van der Waals surface area contributed by atoms with Crippen molar-refractivity contribution < 1.29 is 19.1 Å². The second-order valence-corrected chi connectivity index (χ2v) is 6.20. The molecule has 0 aromatic heterocycles. The van der Waals surface area contributed by atoms with Crippen molar-refractivity contribution in [2.24, 2.45) is 5.92 Å². The van der Waals surface area contributed by atoms with Crippen LogP contribution >= 0.6 is 0 Å². The molecule has 4 nitrogen and oxygen atoms in total. The molecule has 0 atom stereocenters. The fourth-order valence-electron chi connectivity index (χ4n) is 2.56. The Morgan fingerprint density at radius 2 is 1.92 bits per heavy atom. The molecule has 1 fully saturated rings. The van der Waals surface area contributed by atoms with E-state index in [9.17, 15) is 9.59 Å². The van der Waals surface area contributed by atoms with Crippen molar-refractivity contribution in [2.45, 2.75) is 19.8 Å². The SMILES string of the molecule is Cc1ccc(/C=C2\Oc3cc(OC(=O)C4CC4)ccc3C2=O)cc1. The van der Waals surface area contributed by atoms with E-state index in [1.807, 2.05) is 31.2 Å². The van der Waals surface area contributed by atoms with Gasteiger partial charge in [0.05, 0.1) is 11.5 Å². The molecule has 1 aliphatic heterocycles. The van der Waals surface area contributed by atoms with Crippen molar-refractivity contribution in [1.82, 2.24) is 0 Å². The molecule has 1 saturated carbocycles. The predicted octanol–water partition coefficient (Wildman–Crippen LogP) is 3.93. The van der Waals surface area contributed by atoms with Crippen LogP contribution in [0.15, 0.2) is 48.2 Å². The number of hydrogen-bond acceptors (Lipinski definition) is 4. The van der Waals surface area contributed by atoms with E-state index in [0.717, 1.165) is 24.0 Å². The number of esters is 1. The molecule has 0 unspecified atom stereocenters. The van der Waals surface area contributed by atoms with Crippen LogP contribution in [0.3, 0.4) is 0 Å². The highest BCUT2D eigenvalue weighted by atomic mass is 16.5. The van der Waals surface area contributed by atoms with Crippen molar-refractivity contribution >= 4 is 17.8 Å². The number of Topliss-reactive ketones (excluding diaryl/α,β-unsaturated/α-hetero) is 1. The van der Waals surface area contributed by atoms with Crippen LogP contribution in [-0.2, 0) is 4.79 Å². The lowest BCUT2D eigenvalue weighted by Gasteiger charge is -2.04. The van der Waals surface area contributed by atoms with Gasteiger partial charge in [-0.15, -0.1) is 0 Å². The lowest BCUT2D eigenvalue weighted by atomic mass is 10.1. The maximum Gasteiger partial charge on any atom is 0.314 e. The number of allylic oxidation sites excluding steroid dienone is 1. The van der Waals surface area contributed by atoms with Gasteiger partial charge in [0, 0.05) is 6.07 Å². The second-order valence-electron chi connectivity index (χ2n) is 6.20. The monoisotopic (exact) mass is 320 g/mol. The Bertz CT molecular complexity index is 858. The summed E-state index contributed by atoms with van der Waals surface area (Å²) in [7, 11) is 0. The van der Waals surface area contributed by atoms with Crippen molar-refractivity contribution in [1.29, 1.82) is 0 Å². The van der Waals surface area contributed by atoms with Gasteiger partial charge in [0.25, 0.3) is 0 Å². The number of fused-ring (bicyclic) bond motifs is 1. The summed E-state index contributed by atoms with van der Waals surface area (Å²) >= 11 is 0. The number of carbonyl (C=O) groups is 2. The van der Waals surface area contributed by atoms with Crippen LogP contribution in [0, 0.1) is 12.8 Å². The molecule has 0 spiro atoms. The van der Waals surface area contributed by atoms with Crippen LogP contribution in [0.5, 0.6) is 11.5 Å². The molecule has 0 amide bonds. The van der Waals surface area contributed by atoms with Crippen molar-refractivity contribution in [3.05, 3.63) is 64.9 Å². The van der Waals surface area contributed by atoms with E-state index in [0.29, 0.717) is 17.1 Å². The molecule has 24 heavy (non-hydrogen) atoms. The lowest BCUT2D eigenvalue weighted by molar-refractivity contribution is -0.135. The molecule has 2 aromatic rings. The molecule has 0 saturated heterocycles. The fraction of sp³-hybridized carbons (Fsp3) is 0.200. The maximum absolute atomic E-state index is 12.4. The number of aryl methyl sites for hydroxylation is 1. The van der Waals surface area contributed by atoms with E-state index in [4.69, 9.17) is 9.47 Å². The van der Waals surface area contributed by atoms with Crippen LogP contribution in [0.25, 0.3) is 6.08 Å². The zero-order valence-electron chi connectivity index (χ0n) is 13.2. The minimum absolute atomic E-state index is 0.0257. The Balaban J connectivity index is 1.57. The highest BCUT2D eigenvalue weighted by Crippen LogP contribution is 2.36. The Kier molecular flexibility index (Phi) is 3.45. The number of benzene rings is 2. The van der Waals surface area contributed by atoms with E-state index in [-0.39, 0.29) is 23.4 Å². The third kappa shape index (κ3) is 2.83. The van der Waals surface area contributed by atoms with Gasteiger partial charge in [-0.2, -0.15) is 0 Å². The van der Waals surface area contributed by atoms with E-state index in [2.05, 4.69) is 0 Å². The quantitative estimate of drug-likeness (QED) is 0.488. The van der Waals surface area contributed by atoms with Crippen LogP contribution in [0.1, 0.15) is 34.3 Å². The zero-order valence-corrected chi connectivity index (χ0v) is 13.2. The number of carbonyl (C=O) groups excluding carboxylic acids is 2. The Morgan fingerprint density at radius 3 is 2.62 bits per heavy atom. The summed E-state index contributed by atoms with van der Waals surface area (Å²) in [6.45, 7) is 2.01. The molecule has 4 heteroatoms. The highest BCUT2D eigenvalue weighted by molar-refractivity contribution is 6.14. The van der Waals surface area contributed by atoms with Crippen LogP contribution in [0.2, 0.25) is 0 Å². The minimum atomic E-state index is -0.213. The van der Waals surface area contributed by atoms with Crippen molar-refractivity contribution in [2.75, 3.05) is 0 Å². The van der Waals surface area contributed by atoms with E-state index < -0.39 is 0 Å². The Hall–Kier alpha value is -2.88. The van der Waals surface area contributed by atoms with Crippen LogP contribution in [-0.4, -0.2) is 11.8 Å². The third-order valence-electron chi connectivity index (χ3n) is 4.15. The number of hydrogen-bond donors (Lipinski definition) is 0. The summed E-state index contributed by atoms with van der Waals surface area (Å²) in [4.78, 5) is 24.1. The Labute approximate surface area is 139 Å². The van der Waals surface area contributed by atoms with Gasteiger partial charge in [0.1, 0.15) is 11.5 Å². The van der Waals surface area contributed by atoms with Gasteiger partial charge in [-0.05, 0) is 43.5 Å². The first-order valence-electron chi connectivity index (χ1n) is 7.97. The predicted molar refractivity (Wildman–Crippen MR) is 88.9 cm³/mol. The zero-order chi connectivity index (χ0) is 16.7. The van der Waals surface area contributed by atoms with Gasteiger partial charge >= 0.3 is 5.97 Å². The molecule has 2 aliphatic rings. The van der Waals surface area contributed by atoms with Gasteiger partial charge in [0.15, 0.2) is 5.76 Å². The molecule has 2 aromatic carbocycles. The van der Waals surface area contributed by atoms with Gasteiger partial charge < -0.3 is 9.47 Å². The first-order valence-corrected chi connectivity index (χ1v) is 7.97. The van der Waals surface area contributed by atoms with Crippen molar-refractivity contribution in [3.63, 3.8) is 0 Å². The van der Waals surface area contributed by atoms with Gasteiger partial charge in [-0.1, -0.05) is 29.8 Å². The van der Waals surface area contributed by atoms with E-state index >= 15 is 0 Å². The van der Waals surface area contributed by atoms with Crippen LogP contribution < -0.4 is 9.47 Å². The number of rotatable bonds is 3. The topological polar surface area (TPSA) is 52.6 Å².